The molecule has 3 heteroatoms. The molecule has 0 aliphatic carbocycles. The van der Waals surface area contributed by atoms with Crippen LogP contribution in [0.3, 0.4) is 0 Å². The Hall–Kier alpha value is -0.440. The second-order valence-corrected chi connectivity index (χ2v) is 7.31. The van der Waals surface area contributed by atoms with E-state index in [4.69, 9.17) is 5.11 Å². The second-order valence-electron chi connectivity index (χ2n) is 6.94. The van der Waals surface area contributed by atoms with Gasteiger partial charge in [0.05, 0.1) is 5.92 Å². The zero-order valence-corrected chi connectivity index (χ0v) is 16.7. The van der Waals surface area contributed by atoms with E-state index >= 15 is 0 Å². The molecule has 1 N–H and O–H groups in total. The first kappa shape index (κ1) is 23.6. The minimum absolute atomic E-state index is 0.259. The van der Waals surface area contributed by atoms with Crippen LogP contribution in [0, 0.1) is 5.92 Å². The largest absolute Gasteiger partial charge is 0.481 e. The first-order valence-corrected chi connectivity index (χ1v) is 10.8. The first-order chi connectivity index (χ1) is 11.7. The van der Waals surface area contributed by atoms with Crippen LogP contribution in [0.4, 0.5) is 0 Å². The quantitative estimate of drug-likeness (QED) is 0.157. The summed E-state index contributed by atoms with van der Waals surface area (Å²) in [4.78, 5) is 10.9. The number of carboxylic acid groups (broad SMARTS) is 1. The van der Waals surface area contributed by atoms with Crippen LogP contribution < -0.4 is 0 Å². The van der Waals surface area contributed by atoms with Gasteiger partial charge < -0.3 is 5.11 Å². The van der Waals surface area contributed by atoms with Crippen molar-refractivity contribution in [3.63, 3.8) is 0 Å². The van der Waals surface area contributed by atoms with Gasteiger partial charge in [-0.1, -0.05) is 83.3 Å². The number of hydrogen-bond acceptors (Lipinski definition) is 2. The Balaban J connectivity index is 3.22. The number of aliphatic carboxylic acids is 1. The fraction of sp³-hybridized carbons (Fsp3) is 0.857. The molecule has 24 heavy (non-hydrogen) atoms. The molecule has 0 aromatic carbocycles. The summed E-state index contributed by atoms with van der Waals surface area (Å²) in [6, 6.07) is 0. The molecule has 0 saturated heterocycles. The molecule has 0 saturated carbocycles. The Morgan fingerprint density at radius 2 is 1.29 bits per heavy atom. The van der Waals surface area contributed by atoms with E-state index in [0.29, 0.717) is 5.75 Å². The number of hydrogen-bond donors (Lipinski definition) is 2. The minimum atomic E-state index is -0.697. The Labute approximate surface area is 155 Å². The molecule has 0 radical (unpaired) electrons. The molecule has 0 spiro atoms. The summed E-state index contributed by atoms with van der Waals surface area (Å²) in [5.74, 6) is -0.497. The van der Waals surface area contributed by atoms with Crippen molar-refractivity contribution in [2.45, 2.75) is 103 Å². The second kappa shape index (κ2) is 18.9. The van der Waals surface area contributed by atoms with Crippen LogP contribution in [-0.4, -0.2) is 16.8 Å². The highest BCUT2D eigenvalue weighted by molar-refractivity contribution is 7.80. The first-order valence-electron chi connectivity index (χ1n) is 10.2. The van der Waals surface area contributed by atoms with Crippen molar-refractivity contribution < 1.29 is 9.90 Å². The van der Waals surface area contributed by atoms with Gasteiger partial charge in [-0.25, -0.2) is 0 Å². The maximum absolute atomic E-state index is 10.9. The van der Waals surface area contributed by atoms with Crippen LogP contribution in [0.15, 0.2) is 12.2 Å². The number of allylic oxidation sites excluding steroid dienone is 2. The van der Waals surface area contributed by atoms with Crippen LogP contribution in [0.25, 0.3) is 0 Å². The van der Waals surface area contributed by atoms with E-state index in [1.54, 1.807) is 0 Å². The lowest BCUT2D eigenvalue weighted by Crippen LogP contribution is -2.14. The summed E-state index contributed by atoms with van der Waals surface area (Å²) in [6.45, 7) is 2.27. The van der Waals surface area contributed by atoms with Gasteiger partial charge in [-0.15, -0.1) is 0 Å². The summed E-state index contributed by atoms with van der Waals surface area (Å²) < 4.78 is 0. The summed E-state index contributed by atoms with van der Waals surface area (Å²) >= 11 is 4.10. The summed E-state index contributed by atoms with van der Waals surface area (Å²) in [7, 11) is 0. The lowest BCUT2D eigenvalue weighted by molar-refractivity contribution is -0.141. The van der Waals surface area contributed by atoms with Gasteiger partial charge in [0.2, 0.25) is 0 Å². The lowest BCUT2D eigenvalue weighted by Gasteiger charge is -2.08. The molecule has 2 nitrogen and oxygen atoms in total. The van der Waals surface area contributed by atoms with Crippen molar-refractivity contribution in [2.24, 2.45) is 5.92 Å². The number of rotatable bonds is 18. The Bertz CT molecular complexity index is 302. The normalized spacial score (nSPS) is 12.8. The van der Waals surface area contributed by atoms with Gasteiger partial charge in [-0.05, 0) is 32.1 Å². The highest BCUT2D eigenvalue weighted by Gasteiger charge is 2.14. The van der Waals surface area contributed by atoms with Crippen LogP contribution in [0.1, 0.15) is 103 Å². The molecule has 0 rings (SSSR count). The van der Waals surface area contributed by atoms with E-state index in [0.717, 1.165) is 19.3 Å². The molecule has 0 aliphatic rings. The SMILES string of the molecule is CCCCCCCCC=CCCCCCCCCC(CS)C(=O)O. The van der Waals surface area contributed by atoms with Gasteiger partial charge in [0.1, 0.15) is 0 Å². The molecule has 1 atom stereocenters. The summed E-state index contributed by atoms with van der Waals surface area (Å²) in [5, 5.41) is 8.94. The Kier molecular flexibility index (Phi) is 18.5. The maximum atomic E-state index is 10.9. The van der Waals surface area contributed by atoms with E-state index in [-0.39, 0.29) is 5.92 Å². The predicted octanol–water partition coefficient (Wildman–Crippen LogP) is 7.04. The third-order valence-corrected chi connectivity index (χ3v) is 5.07. The number of unbranched alkanes of at least 4 members (excludes halogenated alkanes) is 12. The zero-order valence-electron chi connectivity index (χ0n) is 15.8. The van der Waals surface area contributed by atoms with Gasteiger partial charge in [0, 0.05) is 5.75 Å². The third kappa shape index (κ3) is 16.4. The minimum Gasteiger partial charge on any atom is -0.481 e. The summed E-state index contributed by atoms with van der Waals surface area (Å²) in [5.41, 5.74) is 0. The average molecular weight is 357 g/mol. The number of carboxylic acids is 1. The third-order valence-electron chi connectivity index (χ3n) is 4.63. The molecule has 0 amide bonds. The molecule has 142 valence electrons. The number of thiol groups is 1. The smallest absolute Gasteiger partial charge is 0.307 e. The molecule has 0 bridgehead atoms. The Morgan fingerprint density at radius 1 is 0.833 bits per heavy atom. The van der Waals surface area contributed by atoms with Crippen LogP contribution in [0.5, 0.6) is 0 Å². The van der Waals surface area contributed by atoms with Crippen molar-refractivity contribution >= 4 is 18.6 Å². The molecule has 0 aliphatic heterocycles. The maximum Gasteiger partial charge on any atom is 0.307 e. The average Bonchev–Trinajstić information content (AvgIpc) is 2.57. The van der Waals surface area contributed by atoms with Crippen molar-refractivity contribution in [1.82, 2.24) is 0 Å². The van der Waals surface area contributed by atoms with Gasteiger partial charge >= 0.3 is 5.97 Å². The summed E-state index contributed by atoms with van der Waals surface area (Å²) in [6.07, 6.45) is 23.5. The fourth-order valence-electron chi connectivity index (χ4n) is 2.93. The molecule has 0 fully saturated rings. The van der Waals surface area contributed by atoms with E-state index in [2.05, 4.69) is 31.7 Å². The van der Waals surface area contributed by atoms with Crippen molar-refractivity contribution in [3.05, 3.63) is 12.2 Å². The molecule has 0 aromatic rings. The highest BCUT2D eigenvalue weighted by Crippen LogP contribution is 2.14. The topological polar surface area (TPSA) is 37.3 Å². The number of carbonyl (C=O) groups is 1. The molecule has 0 heterocycles. The van der Waals surface area contributed by atoms with Crippen molar-refractivity contribution in [2.75, 3.05) is 5.75 Å². The van der Waals surface area contributed by atoms with Gasteiger partial charge in [-0.3, -0.25) is 4.79 Å². The molecule has 1 unspecified atom stereocenters. The van der Waals surface area contributed by atoms with Crippen molar-refractivity contribution in [1.29, 1.82) is 0 Å². The van der Waals surface area contributed by atoms with Crippen LogP contribution in [0.2, 0.25) is 0 Å². The van der Waals surface area contributed by atoms with Crippen LogP contribution in [-0.2, 0) is 4.79 Å². The molecular weight excluding hydrogens is 316 g/mol. The van der Waals surface area contributed by atoms with Gasteiger partial charge in [0.25, 0.3) is 0 Å². The fourth-order valence-corrected chi connectivity index (χ4v) is 3.27. The molecule has 0 aromatic heterocycles. The van der Waals surface area contributed by atoms with E-state index in [9.17, 15) is 4.79 Å². The lowest BCUT2D eigenvalue weighted by atomic mass is 10.0. The van der Waals surface area contributed by atoms with Gasteiger partial charge in [-0.2, -0.15) is 12.6 Å². The van der Waals surface area contributed by atoms with Gasteiger partial charge in [0.15, 0.2) is 0 Å². The highest BCUT2D eigenvalue weighted by atomic mass is 32.1. The van der Waals surface area contributed by atoms with Crippen molar-refractivity contribution in [3.8, 4) is 0 Å². The van der Waals surface area contributed by atoms with Crippen LogP contribution >= 0.6 is 12.6 Å². The predicted molar refractivity (Wildman–Crippen MR) is 109 cm³/mol. The standard InChI is InChI=1S/C21H40O2S/c1-2-3-4-5-6-7-8-9-10-11-12-13-14-15-16-17-18-20(19-24)21(22)23/h9-10,20,24H,2-8,11-19H2,1H3,(H,22,23). The molecular formula is C21H40O2S. The monoisotopic (exact) mass is 356 g/mol. The zero-order chi connectivity index (χ0) is 17.9. The Morgan fingerprint density at radius 3 is 1.75 bits per heavy atom. The van der Waals surface area contributed by atoms with E-state index < -0.39 is 5.97 Å². The van der Waals surface area contributed by atoms with E-state index in [1.165, 1.54) is 77.0 Å². The van der Waals surface area contributed by atoms with E-state index in [1.807, 2.05) is 0 Å².